The fraction of sp³-hybridized carbons (Fsp3) is 0.375. The highest BCUT2D eigenvalue weighted by molar-refractivity contribution is 5.82. The number of pyridine rings is 1. The van der Waals surface area contributed by atoms with Gasteiger partial charge in [0.05, 0.1) is 24.9 Å². The lowest BCUT2D eigenvalue weighted by atomic mass is 10.1. The van der Waals surface area contributed by atoms with Gasteiger partial charge < -0.3 is 9.47 Å². The average molecular weight is 364 g/mol. The first kappa shape index (κ1) is 19.2. The second kappa shape index (κ2) is 9.96. The highest BCUT2D eigenvalue weighted by Crippen LogP contribution is 2.25. The Morgan fingerprint density at radius 3 is 2.30 bits per heavy atom. The predicted octanol–water partition coefficient (Wildman–Crippen LogP) is 6.65. The number of unbranched alkanes of at least 4 members (excludes halogenated alkanes) is 5. The summed E-state index contributed by atoms with van der Waals surface area (Å²) in [6.45, 7) is 3.04. The van der Waals surface area contributed by atoms with Crippen molar-refractivity contribution >= 4 is 10.9 Å². The van der Waals surface area contributed by atoms with Gasteiger partial charge in [-0.2, -0.15) is 0 Å². The van der Waals surface area contributed by atoms with Gasteiger partial charge in [-0.25, -0.2) is 4.98 Å². The van der Waals surface area contributed by atoms with Crippen LogP contribution in [0.5, 0.6) is 11.5 Å². The van der Waals surface area contributed by atoms with Gasteiger partial charge in [0.2, 0.25) is 0 Å². The topological polar surface area (TPSA) is 31.4 Å². The summed E-state index contributed by atoms with van der Waals surface area (Å²) in [6.07, 6.45) is 7.68. The molecule has 0 amide bonds. The molecule has 0 aliphatic carbocycles. The van der Waals surface area contributed by atoms with Crippen molar-refractivity contribution in [2.45, 2.75) is 45.4 Å². The lowest BCUT2D eigenvalue weighted by Crippen LogP contribution is -1.97. The third kappa shape index (κ3) is 5.46. The van der Waals surface area contributed by atoms with Crippen molar-refractivity contribution in [3.05, 3.63) is 54.6 Å². The Labute approximate surface area is 162 Å². The van der Waals surface area contributed by atoms with Crippen LogP contribution in [0.25, 0.3) is 22.2 Å². The molecule has 0 spiro atoms. The van der Waals surface area contributed by atoms with Crippen LogP contribution < -0.4 is 9.47 Å². The normalized spacial score (nSPS) is 10.9. The summed E-state index contributed by atoms with van der Waals surface area (Å²) in [6, 6.07) is 18.3. The Balaban J connectivity index is 1.56. The van der Waals surface area contributed by atoms with E-state index in [1.807, 2.05) is 36.4 Å². The van der Waals surface area contributed by atoms with E-state index in [9.17, 15) is 0 Å². The van der Waals surface area contributed by atoms with E-state index in [0.29, 0.717) is 0 Å². The summed E-state index contributed by atoms with van der Waals surface area (Å²) >= 11 is 0. The molecule has 0 N–H and O–H groups in total. The van der Waals surface area contributed by atoms with Crippen molar-refractivity contribution in [1.29, 1.82) is 0 Å². The molecule has 0 fully saturated rings. The molecule has 142 valence electrons. The van der Waals surface area contributed by atoms with Crippen LogP contribution in [0.2, 0.25) is 0 Å². The van der Waals surface area contributed by atoms with Gasteiger partial charge in [0.1, 0.15) is 11.5 Å². The number of hydrogen-bond donors (Lipinski definition) is 0. The first-order valence-corrected chi connectivity index (χ1v) is 9.98. The van der Waals surface area contributed by atoms with E-state index in [2.05, 4.69) is 25.1 Å². The molecule has 0 aliphatic rings. The van der Waals surface area contributed by atoms with Crippen molar-refractivity contribution in [1.82, 2.24) is 4.98 Å². The molecule has 0 unspecified atom stereocenters. The minimum atomic E-state index is 0.793. The minimum Gasteiger partial charge on any atom is -0.497 e. The molecule has 3 aromatic rings. The van der Waals surface area contributed by atoms with Gasteiger partial charge in [0.15, 0.2) is 0 Å². The zero-order valence-corrected chi connectivity index (χ0v) is 16.4. The number of aromatic nitrogens is 1. The maximum atomic E-state index is 5.86. The molecule has 1 heterocycles. The number of benzene rings is 2. The molecule has 3 rings (SSSR count). The third-order valence-corrected chi connectivity index (χ3v) is 4.81. The molecule has 2 aromatic carbocycles. The second-order valence-corrected chi connectivity index (χ2v) is 6.90. The third-order valence-electron chi connectivity index (χ3n) is 4.81. The zero-order chi connectivity index (χ0) is 18.9. The van der Waals surface area contributed by atoms with Crippen LogP contribution in [0.3, 0.4) is 0 Å². The van der Waals surface area contributed by atoms with Crippen LogP contribution in [0.1, 0.15) is 45.4 Å². The maximum absolute atomic E-state index is 5.86. The zero-order valence-electron chi connectivity index (χ0n) is 16.4. The van der Waals surface area contributed by atoms with E-state index in [4.69, 9.17) is 14.5 Å². The molecule has 27 heavy (non-hydrogen) atoms. The fourth-order valence-corrected chi connectivity index (χ4v) is 3.19. The molecule has 0 saturated carbocycles. The SMILES string of the molecule is CCCCCCCCOc1ccc(-c2ccc3cc(OC)ccc3n2)cc1. The molecule has 3 nitrogen and oxygen atoms in total. The van der Waals surface area contributed by atoms with E-state index >= 15 is 0 Å². The summed E-state index contributed by atoms with van der Waals surface area (Å²) in [4.78, 5) is 4.77. The molecule has 1 aromatic heterocycles. The van der Waals surface area contributed by atoms with Crippen LogP contribution >= 0.6 is 0 Å². The smallest absolute Gasteiger partial charge is 0.119 e. The lowest BCUT2D eigenvalue weighted by Gasteiger charge is -2.08. The number of fused-ring (bicyclic) bond motifs is 1. The van der Waals surface area contributed by atoms with Crippen LogP contribution in [-0.4, -0.2) is 18.7 Å². The molecule has 3 heteroatoms. The van der Waals surface area contributed by atoms with E-state index in [1.165, 1.54) is 32.1 Å². The number of rotatable bonds is 10. The molecule has 0 radical (unpaired) electrons. The van der Waals surface area contributed by atoms with Crippen molar-refractivity contribution in [2.75, 3.05) is 13.7 Å². The Hall–Kier alpha value is -2.55. The number of nitrogens with zero attached hydrogens (tertiary/aromatic N) is 1. The van der Waals surface area contributed by atoms with Gasteiger partial charge in [-0.05, 0) is 55.0 Å². The van der Waals surface area contributed by atoms with Crippen molar-refractivity contribution < 1.29 is 9.47 Å². The van der Waals surface area contributed by atoms with E-state index in [1.54, 1.807) is 7.11 Å². The first-order chi connectivity index (χ1) is 13.3. The second-order valence-electron chi connectivity index (χ2n) is 6.90. The Morgan fingerprint density at radius 1 is 0.778 bits per heavy atom. The average Bonchev–Trinajstić information content (AvgIpc) is 2.73. The van der Waals surface area contributed by atoms with Gasteiger partial charge in [-0.3, -0.25) is 0 Å². The summed E-state index contributed by atoms with van der Waals surface area (Å²) < 4.78 is 11.1. The number of hydrogen-bond acceptors (Lipinski definition) is 3. The quantitative estimate of drug-likeness (QED) is 0.378. The first-order valence-electron chi connectivity index (χ1n) is 9.98. The molecule has 0 saturated heterocycles. The highest BCUT2D eigenvalue weighted by Gasteiger charge is 2.04. The lowest BCUT2D eigenvalue weighted by molar-refractivity contribution is 0.304. The summed E-state index contributed by atoms with van der Waals surface area (Å²) in [5.41, 5.74) is 3.03. The number of methoxy groups -OCH3 is 1. The van der Waals surface area contributed by atoms with E-state index < -0.39 is 0 Å². The van der Waals surface area contributed by atoms with Crippen LogP contribution in [-0.2, 0) is 0 Å². The van der Waals surface area contributed by atoms with Crippen molar-refractivity contribution in [2.24, 2.45) is 0 Å². The minimum absolute atomic E-state index is 0.793. The van der Waals surface area contributed by atoms with Gasteiger partial charge >= 0.3 is 0 Å². The monoisotopic (exact) mass is 363 g/mol. The Morgan fingerprint density at radius 2 is 1.52 bits per heavy atom. The molecular weight excluding hydrogens is 334 g/mol. The molecule has 0 atom stereocenters. The summed E-state index contributed by atoms with van der Waals surface area (Å²) in [5, 5.41) is 1.08. The van der Waals surface area contributed by atoms with Crippen molar-refractivity contribution in [3.63, 3.8) is 0 Å². The van der Waals surface area contributed by atoms with Crippen LogP contribution in [0, 0.1) is 0 Å². The van der Waals surface area contributed by atoms with Crippen LogP contribution in [0.4, 0.5) is 0 Å². The van der Waals surface area contributed by atoms with Gasteiger partial charge in [0, 0.05) is 10.9 Å². The van der Waals surface area contributed by atoms with Crippen molar-refractivity contribution in [3.8, 4) is 22.8 Å². The van der Waals surface area contributed by atoms with Gasteiger partial charge in [-0.15, -0.1) is 0 Å². The van der Waals surface area contributed by atoms with Gasteiger partial charge in [0.25, 0.3) is 0 Å². The van der Waals surface area contributed by atoms with E-state index in [-0.39, 0.29) is 0 Å². The Bertz CT molecular complexity index is 843. The molecule has 0 bridgehead atoms. The largest absolute Gasteiger partial charge is 0.497 e. The highest BCUT2D eigenvalue weighted by atomic mass is 16.5. The standard InChI is InChI=1S/C24H29NO2/c1-3-4-5-6-7-8-17-27-21-12-9-19(10-13-21)23-15-11-20-18-22(26-2)14-16-24(20)25-23/h9-16,18H,3-8,17H2,1-2H3. The maximum Gasteiger partial charge on any atom is 0.119 e. The Kier molecular flexibility index (Phi) is 7.09. The fourth-order valence-electron chi connectivity index (χ4n) is 3.19. The van der Waals surface area contributed by atoms with E-state index in [0.717, 1.165) is 46.7 Å². The van der Waals surface area contributed by atoms with Gasteiger partial charge in [-0.1, -0.05) is 45.1 Å². The molecular formula is C24H29NO2. The number of ether oxygens (including phenoxy) is 2. The summed E-state index contributed by atoms with van der Waals surface area (Å²) in [7, 11) is 1.68. The molecule has 0 aliphatic heterocycles. The predicted molar refractivity (Wildman–Crippen MR) is 113 cm³/mol. The van der Waals surface area contributed by atoms with Crippen LogP contribution in [0.15, 0.2) is 54.6 Å². The summed E-state index contributed by atoms with van der Waals surface area (Å²) in [5.74, 6) is 1.78.